The summed E-state index contributed by atoms with van der Waals surface area (Å²) in [4.78, 5) is 12.4. The van der Waals surface area contributed by atoms with Crippen molar-refractivity contribution < 1.29 is 9.53 Å². The Morgan fingerprint density at radius 1 is 1.04 bits per heavy atom. The molecule has 0 radical (unpaired) electrons. The molecule has 2 unspecified atom stereocenters. The number of para-hydroxylation sites is 2. The Morgan fingerprint density at radius 2 is 1.77 bits per heavy atom. The van der Waals surface area contributed by atoms with E-state index >= 15 is 0 Å². The van der Waals surface area contributed by atoms with E-state index in [0.717, 1.165) is 29.7 Å². The molecule has 3 heterocycles. The summed E-state index contributed by atoms with van der Waals surface area (Å²) in [5.41, 5.74) is 5.54. The number of piperidine rings is 1. The summed E-state index contributed by atoms with van der Waals surface area (Å²) in [6, 6.07) is 15.2. The van der Waals surface area contributed by atoms with Gasteiger partial charge in [-0.2, -0.15) is 0 Å². The first-order chi connectivity index (χ1) is 12.7. The molecule has 4 heteroatoms. The molecule has 132 valence electrons. The van der Waals surface area contributed by atoms with Crippen molar-refractivity contribution in [2.75, 3.05) is 7.05 Å². The third-order valence-electron chi connectivity index (χ3n) is 5.80. The molecular weight excluding hydrogens is 324 g/mol. The van der Waals surface area contributed by atoms with Crippen LogP contribution in [0.4, 0.5) is 0 Å². The fourth-order valence-electron chi connectivity index (χ4n) is 4.66. The van der Waals surface area contributed by atoms with E-state index in [1.54, 1.807) is 7.05 Å². The molecule has 2 bridgehead atoms. The second kappa shape index (κ2) is 5.99. The van der Waals surface area contributed by atoms with Gasteiger partial charge in [-0.25, -0.2) is 0 Å². The number of fused-ring (bicyclic) bond motifs is 4. The van der Waals surface area contributed by atoms with Crippen LogP contribution in [0.3, 0.4) is 0 Å². The molecule has 5 rings (SSSR count). The van der Waals surface area contributed by atoms with Crippen molar-refractivity contribution in [3.8, 4) is 11.5 Å². The summed E-state index contributed by atoms with van der Waals surface area (Å²) in [5.74, 6) is 1.40. The van der Waals surface area contributed by atoms with Gasteiger partial charge in [0, 0.05) is 30.3 Å². The monoisotopic (exact) mass is 346 g/mol. The molecule has 0 spiro atoms. The number of hydrogen-bond donors (Lipinski definition) is 2. The van der Waals surface area contributed by atoms with Crippen LogP contribution in [0, 0.1) is 0 Å². The molecule has 2 N–H and O–H groups in total. The van der Waals surface area contributed by atoms with Crippen molar-refractivity contribution in [2.45, 2.75) is 37.8 Å². The Morgan fingerprint density at radius 3 is 2.54 bits per heavy atom. The molecule has 2 atom stereocenters. The molecule has 2 aromatic rings. The molecule has 1 amide bonds. The molecule has 0 saturated carbocycles. The molecule has 26 heavy (non-hydrogen) atoms. The van der Waals surface area contributed by atoms with Crippen LogP contribution in [0.1, 0.15) is 47.2 Å². The van der Waals surface area contributed by atoms with Crippen molar-refractivity contribution in [1.29, 1.82) is 0 Å². The van der Waals surface area contributed by atoms with Crippen molar-refractivity contribution in [3.63, 3.8) is 0 Å². The molecular formula is C22H22N2O2. The van der Waals surface area contributed by atoms with E-state index in [0.29, 0.717) is 23.4 Å². The lowest BCUT2D eigenvalue weighted by atomic mass is 9.84. The molecule has 0 aliphatic carbocycles. The summed E-state index contributed by atoms with van der Waals surface area (Å²) in [6.07, 6.45) is 4.66. The summed E-state index contributed by atoms with van der Waals surface area (Å²) in [6.45, 7) is 0. The van der Waals surface area contributed by atoms with Gasteiger partial charge in [-0.05, 0) is 43.4 Å². The zero-order valence-electron chi connectivity index (χ0n) is 14.8. The maximum Gasteiger partial charge on any atom is 0.254 e. The fourth-order valence-corrected chi connectivity index (χ4v) is 4.66. The highest BCUT2D eigenvalue weighted by atomic mass is 16.5. The van der Waals surface area contributed by atoms with Gasteiger partial charge in [0.1, 0.15) is 11.5 Å². The van der Waals surface area contributed by atoms with E-state index in [2.05, 4.69) is 28.8 Å². The summed E-state index contributed by atoms with van der Waals surface area (Å²) >= 11 is 0. The number of carbonyl (C=O) groups excluding carboxylic acids is 1. The van der Waals surface area contributed by atoms with Crippen LogP contribution in [0.5, 0.6) is 11.5 Å². The van der Waals surface area contributed by atoms with E-state index in [4.69, 9.17) is 4.74 Å². The SMILES string of the molecule is CNC(=O)c1cccc2c1Oc1ccccc1C2=C1CC2CCC(C1)N2. The van der Waals surface area contributed by atoms with Gasteiger partial charge in [-0.1, -0.05) is 35.9 Å². The Balaban J connectivity index is 1.74. The minimum Gasteiger partial charge on any atom is -0.455 e. The van der Waals surface area contributed by atoms with E-state index in [-0.39, 0.29) is 5.91 Å². The van der Waals surface area contributed by atoms with E-state index < -0.39 is 0 Å². The smallest absolute Gasteiger partial charge is 0.254 e. The standard InChI is InChI=1S/C22H22N2O2/c1-23-22(25)18-7-4-6-17-20(13-11-14-9-10-15(12-13)24-14)16-5-2-3-8-19(16)26-21(17)18/h2-8,14-15,24H,9-12H2,1H3,(H,23,25). The Bertz CT molecular complexity index is 917. The molecule has 4 nitrogen and oxygen atoms in total. The third-order valence-corrected chi connectivity index (χ3v) is 5.80. The highest BCUT2D eigenvalue weighted by Gasteiger charge is 2.35. The molecule has 3 aliphatic rings. The lowest BCUT2D eigenvalue weighted by Gasteiger charge is -2.31. The van der Waals surface area contributed by atoms with E-state index in [1.807, 2.05) is 24.3 Å². The van der Waals surface area contributed by atoms with Crippen molar-refractivity contribution in [2.24, 2.45) is 0 Å². The van der Waals surface area contributed by atoms with Crippen molar-refractivity contribution >= 4 is 11.5 Å². The van der Waals surface area contributed by atoms with Crippen LogP contribution in [0.2, 0.25) is 0 Å². The zero-order valence-corrected chi connectivity index (χ0v) is 14.8. The number of rotatable bonds is 1. The topological polar surface area (TPSA) is 50.4 Å². The van der Waals surface area contributed by atoms with E-state index in [1.165, 1.54) is 24.0 Å². The highest BCUT2D eigenvalue weighted by Crippen LogP contribution is 2.48. The minimum atomic E-state index is -0.115. The number of amides is 1. The lowest BCUT2D eigenvalue weighted by molar-refractivity contribution is 0.0960. The maximum absolute atomic E-state index is 12.4. The number of hydrogen-bond acceptors (Lipinski definition) is 3. The number of nitrogens with one attached hydrogen (secondary N) is 2. The van der Waals surface area contributed by atoms with Gasteiger partial charge in [0.25, 0.3) is 5.91 Å². The Labute approximate surface area is 153 Å². The predicted molar refractivity (Wildman–Crippen MR) is 102 cm³/mol. The lowest BCUT2D eigenvalue weighted by Crippen LogP contribution is -2.35. The second-order valence-electron chi connectivity index (χ2n) is 7.38. The average molecular weight is 346 g/mol. The molecule has 2 saturated heterocycles. The minimum absolute atomic E-state index is 0.115. The Kier molecular flexibility index (Phi) is 3.61. The molecule has 3 aliphatic heterocycles. The largest absolute Gasteiger partial charge is 0.455 e. The van der Waals surface area contributed by atoms with Gasteiger partial charge < -0.3 is 15.4 Å². The third kappa shape index (κ3) is 2.36. The van der Waals surface area contributed by atoms with Crippen molar-refractivity contribution in [1.82, 2.24) is 10.6 Å². The summed E-state index contributed by atoms with van der Waals surface area (Å²) in [5, 5.41) is 6.45. The summed E-state index contributed by atoms with van der Waals surface area (Å²) in [7, 11) is 1.66. The first-order valence-corrected chi connectivity index (χ1v) is 9.35. The zero-order chi connectivity index (χ0) is 17.7. The quantitative estimate of drug-likeness (QED) is 0.703. The molecule has 2 fully saturated rings. The van der Waals surface area contributed by atoms with Gasteiger partial charge in [-0.15, -0.1) is 0 Å². The van der Waals surface area contributed by atoms with Crippen LogP contribution >= 0.6 is 0 Å². The van der Waals surface area contributed by atoms with Gasteiger partial charge in [0.2, 0.25) is 0 Å². The molecule has 2 aromatic carbocycles. The van der Waals surface area contributed by atoms with Crippen molar-refractivity contribution in [3.05, 3.63) is 64.7 Å². The number of benzene rings is 2. The first kappa shape index (κ1) is 15.6. The fraction of sp³-hybridized carbons (Fsp3) is 0.318. The maximum atomic E-state index is 12.4. The van der Waals surface area contributed by atoms with Gasteiger partial charge in [-0.3, -0.25) is 4.79 Å². The van der Waals surface area contributed by atoms with Gasteiger partial charge >= 0.3 is 0 Å². The van der Waals surface area contributed by atoms with Gasteiger partial charge in [0.15, 0.2) is 0 Å². The average Bonchev–Trinajstić information content (AvgIpc) is 3.02. The van der Waals surface area contributed by atoms with E-state index in [9.17, 15) is 4.79 Å². The van der Waals surface area contributed by atoms with Gasteiger partial charge in [0.05, 0.1) is 5.56 Å². The number of carbonyl (C=O) groups is 1. The summed E-state index contributed by atoms with van der Waals surface area (Å²) < 4.78 is 6.21. The molecule has 0 aromatic heterocycles. The second-order valence-corrected chi connectivity index (χ2v) is 7.38. The number of ether oxygens (including phenoxy) is 1. The highest BCUT2D eigenvalue weighted by molar-refractivity contribution is 6.01. The van der Waals surface area contributed by atoms with Crippen LogP contribution in [0.25, 0.3) is 5.57 Å². The van der Waals surface area contributed by atoms with Crippen LogP contribution < -0.4 is 15.4 Å². The van der Waals surface area contributed by atoms with Crippen LogP contribution in [0.15, 0.2) is 48.0 Å². The van der Waals surface area contributed by atoms with Crippen LogP contribution in [-0.4, -0.2) is 25.0 Å². The normalized spacial score (nSPS) is 23.1. The van der Waals surface area contributed by atoms with Crippen LogP contribution in [-0.2, 0) is 0 Å². The Hall–Kier alpha value is -2.59. The predicted octanol–water partition coefficient (Wildman–Crippen LogP) is 3.87. The first-order valence-electron chi connectivity index (χ1n) is 9.35.